The van der Waals surface area contributed by atoms with Crippen molar-refractivity contribution >= 4 is 43.2 Å². The van der Waals surface area contributed by atoms with Crippen LogP contribution in [-0.2, 0) is 6.54 Å². The first-order valence-corrected chi connectivity index (χ1v) is 7.76. The molecule has 1 fully saturated rings. The second kappa shape index (κ2) is 4.84. The molecule has 0 unspecified atom stereocenters. The van der Waals surface area contributed by atoms with E-state index in [1.807, 2.05) is 6.07 Å². The van der Waals surface area contributed by atoms with Gasteiger partial charge in [0, 0.05) is 11.6 Å². The fourth-order valence-electron chi connectivity index (χ4n) is 1.54. The molecule has 0 radical (unpaired) electrons. The Morgan fingerprint density at radius 2 is 2.29 bits per heavy atom. The zero-order valence-corrected chi connectivity index (χ0v) is 12.9. The fraction of sp³-hybridized carbons (Fsp3) is 0.364. The first-order chi connectivity index (χ1) is 8.22. The van der Waals surface area contributed by atoms with Crippen molar-refractivity contribution in [2.75, 3.05) is 0 Å². The molecule has 17 heavy (non-hydrogen) atoms. The van der Waals surface area contributed by atoms with Crippen LogP contribution in [0.3, 0.4) is 0 Å². The summed E-state index contributed by atoms with van der Waals surface area (Å²) in [6.07, 6.45) is 4.33. The van der Waals surface area contributed by atoms with Crippen LogP contribution in [0, 0.1) is 0 Å². The van der Waals surface area contributed by atoms with E-state index in [4.69, 9.17) is 4.42 Å². The number of rotatable bonds is 4. The highest BCUT2D eigenvalue weighted by atomic mass is 79.9. The molecule has 0 bridgehead atoms. The van der Waals surface area contributed by atoms with Crippen molar-refractivity contribution in [2.45, 2.75) is 25.4 Å². The Morgan fingerprint density at radius 1 is 1.47 bits per heavy atom. The Hall–Kier alpha value is -0.170. The molecular formula is C11H10Br2N2OS. The molecule has 3 nitrogen and oxygen atoms in total. The van der Waals surface area contributed by atoms with Gasteiger partial charge < -0.3 is 9.73 Å². The molecule has 0 amide bonds. The van der Waals surface area contributed by atoms with Gasteiger partial charge in [-0.15, -0.1) is 11.3 Å². The minimum absolute atomic E-state index is 0.673. The maximum absolute atomic E-state index is 5.72. The van der Waals surface area contributed by atoms with Gasteiger partial charge in [0.2, 0.25) is 5.89 Å². The standard InChI is InChI=1S/C11H10Br2N2OS/c12-9-3-7(11(13)17-9)8-4-15-10(16-8)5-14-6-1-2-6/h3-4,6,14H,1-2,5H2. The highest BCUT2D eigenvalue weighted by molar-refractivity contribution is 9.12. The third kappa shape index (κ3) is 2.81. The topological polar surface area (TPSA) is 38.1 Å². The van der Waals surface area contributed by atoms with Crippen LogP contribution in [0.1, 0.15) is 18.7 Å². The van der Waals surface area contributed by atoms with E-state index in [-0.39, 0.29) is 0 Å². The van der Waals surface area contributed by atoms with E-state index in [2.05, 4.69) is 42.2 Å². The van der Waals surface area contributed by atoms with Gasteiger partial charge in [0.15, 0.2) is 5.76 Å². The lowest BCUT2D eigenvalue weighted by atomic mass is 10.3. The molecule has 0 spiro atoms. The number of halogens is 2. The first kappa shape index (κ1) is 11.9. The highest BCUT2D eigenvalue weighted by Gasteiger charge is 2.21. The summed E-state index contributed by atoms with van der Waals surface area (Å²) in [7, 11) is 0. The van der Waals surface area contributed by atoms with Crippen LogP contribution in [0.15, 0.2) is 24.3 Å². The predicted molar refractivity (Wildman–Crippen MR) is 75.1 cm³/mol. The largest absolute Gasteiger partial charge is 0.439 e. The molecule has 0 aromatic carbocycles. The minimum Gasteiger partial charge on any atom is -0.439 e. The summed E-state index contributed by atoms with van der Waals surface area (Å²) >= 11 is 8.61. The number of oxazole rings is 1. The second-order valence-electron chi connectivity index (χ2n) is 4.01. The maximum Gasteiger partial charge on any atom is 0.208 e. The van der Waals surface area contributed by atoms with Gasteiger partial charge in [-0.1, -0.05) is 0 Å². The van der Waals surface area contributed by atoms with Crippen molar-refractivity contribution in [3.8, 4) is 11.3 Å². The van der Waals surface area contributed by atoms with E-state index < -0.39 is 0 Å². The van der Waals surface area contributed by atoms with Crippen molar-refractivity contribution in [3.05, 3.63) is 25.7 Å². The zero-order valence-electron chi connectivity index (χ0n) is 8.87. The van der Waals surface area contributed by atoms with Crippen LogP contribution in [0.5, 0.6) is 0 Å². The summed E-state index contributed by atoms with van der Waals surface area (Å²) in [6.45, 7) is 0.716. The van der Waals surface area contributed by atoms with Gasteiger partial charge in [0.1, 0.15) is 0 Å². The SMILES string of the molecule is Brc1cc(-c2cnc(CNC3CC3)o2)c(Br)s1. The van der Waals surface area contributed by atoms with Crippen LogP contribution in [0.25, 0.3) is 11.3 Å². The third-order valence-corrected chi connectivity index (χ3v) is 4.93. The summed E-state index contributed by atoms with van der Waals surface area (Å²) in [4.78, 5) is 4.28. The van der Waals surface area contributed by atoms with E-state index in [1.165, 1.54) is 12.8 Å². The smallest absolute Gasteiger partial charge is 0.208 e. The van der Waals surface area contributed by atoms with Gasteiger partial charge in [-0.3, -0.25) is 0 Å². The van der Waals surface area contributed by atoms with Gasteiger partial charge >= 0.3 is 0 Å². The Balaban J connectivity index is 1.76. The highest BCUT2D eigenvalue weighted by Crippen LogP contribution is 2.38. The van der Waals surface area contributed by atoms with Gasteiger partial charge in [-0.25, -0.2) is 4.98 Å². The van der Waals surface area contributed by atoms with Crippen molar-refractivity contribution < 1.29 is 4.42 Å². The Bertz CT molecular complexity index is 533. The van der Waals surface area contributed by atoms with Gasteiger partial charge in [-0.05, 0) is 50.8 Å². The molecular weight excluding hydrogens is 368 g/mol. The molecule has 2 aromatic rings. The molecule has 1 aliphatic carbocycles. The molecule has 0 atom stereocenters. The Labute approximate surface area is 120 Å². The van der Waals surface area contributed by atoms with Crippen LogP contribution < -0.4 is 5.32 Å². The molecule has 1 N–H and O–H groups in total. The fourth-order valence-corrected chi connectivity index (χ4v) is 4.36. The van der Waals surface area contributed by atoms with Gasteiger partial charge in [-0.2, -0.15) is 0 Å². The van der Waals surface area contributed by atoms with Crippen LogP contribution >= 0.6 is 43.2 Å². The van der Waals surface area contributed by atoms with Crippen LogP contribution in [-0.4, -0.2) is 11.0 Å². The van der Waals surface area contributed by atoms with Gasteiger partial charge in [0.25, 0.3) is 0 Å². The van der Waals surface area contributed by atoms with E-state index in [0.717, 1.165) is 24.8 Å². The lowest BCUT2D eigenvalue weighted by molar-refractivity contribution is 0.476. The number of thiophene rings is 1. The van der Waals surface area contributed by atoms with E-state index >= 15 is 0 Å². The van der Waals surface area contributed by atoms with E-state index in [1.54, 1.807) is 17.5 Å². The molecule has 1 aliphatic rings. The number of hydrogen-bond acceptors (Lipinski definition) is 4. The predicted octanol–water partition coefficient (Wildman–Crippen LogP) is 4.18. The summed E-state index contributed by atoms with van der Waals surface area (Å²) in [6, 6.07) is 2.71. The van der Waals surface area contributed by atoms with E-state index in [0.29, 0.717) is 12.6 Å². The maximum atomic E-state index is 5.72. The summed E-state index contributed by atoms with van der Waals surface area (Å²) in [5.74, 6) is 1.56. The second-order valence-corrected chi connectivity index (χ2v) is 7.76. The zero-order chi connectivity index (χ0) is 11.8. The molecule has 2 aromatic heterocycles. The molecule has 90 valence electrons. The third-order valence-electron chi connectivity index (χ3n) is 2.60. The van der Waals surface area contributed by atoms with Crippen molar-refractivity contribution in [3.63, 3.8) is 0 Å². The summed E-state index contributed by atoms with van der Waals surface area (Å²) in [5.41, 5.74) is 1.05. The summed E-state index contributed by atoms with van der Waals surface area (Å²) < 4.78 is 7.86. The molecule has 1 saturated carbocycles. The lowest BCUT2D eigenvalue weighted by Gasteiger charge is -1.97. The van der Waals surface area contributed by atoms with Crippen molar-refractivity contribution in [1.82, 2.24) is 10.3 Å². The van der Waals surface area contributed by atoms with E-state index in [9.17, 15) is 0 Å². The average molecular weight is 378 g/mol. The number of nitrogens with zero attached hydrogens (tertiary/aromatic N) is 1. The molecule has 2 heterocycles. The Kier molecular flexibility index (Phi) is 3.38. The monoisotopic (exact) mass is 376 g/mol. The number of nitrogens with one attached hydrogen (secondary N) is 1. The van der Waals surface area contributed by atoms with Crippen molar-refractivity contribution in [2.24, 2.45) is 0 Å². The quantitative estimate of drug-likeness (QED) is 0.868. The normalized spacial score (nSPS) is 15.4. The van der Waals surface area contributed by atoms with Crippen LogP contribution in [0.4, 0.5) is 0 Å². The molecule has 3 rings (SSSR count). The van der Waals surface area contributed by atoms with Crippen LogP contribution in [0.2, 0.25) is 0 Å². The molecule has 0 aliphatic heterocycles. The molecule has 0 saturated heterocycles. The lowest BCUT2D eigenvalue weighted by Crippen LogP contribution is -2.15. The van der Waals surface area contributed by atoms with Crippen molar-refractivity contribution in [1.29, 1.82) is 0 Å². The minimum atomic E-state index is 0.673. The van der Waals surface area contributed by atoms with Gasteiger partial charge in [0.05, 0.1) is 20.3 Å². The average Bonchev–Trinajstić information content (AvgIpc) is 2.90. The molecule has 6 heteroatoms. The first-order valence-electron chi connectivity index (χ1n) is 5.35. The summed E-state index contributed by atoms with van der Waals surface area (Å²) in [5, 5.41) is 3.38. The number of hydrogen-bond donors (Lipinski definition) is 1. The Morgan fingerprint density at radius 3 is 2.94 bits per heavy atom. The number of aromatic nitrogens is 1.